The number of nitrogens with zero attached hydrogens (tertiary/aromatic N) is 1. The van der Waals surface area contributed by atoms with E-state index in [2.05, 4.69) is 10.7 Å². The number of para-hydroxylation sites is 1. The predicted octanol–water partition coefficient (Wildman–Crippen LogP) is 1.04. The fraction of sp³-hybridized carbons (Fsp3) is 0.462. The number of benzene rings is 1. The number of hydrazine groups is 1. The van der Waals surface area contributed by atoms with Crippen LogP contribution in [0.5, 0.6) is 0 Å². The summed E-state index contributed by atoms with van der Waals surface area (Å²) in [7, 11) is 0. The van der Waals surface area contributed by atoms with Crippen molar-refractivity contribution in [3.05, 3.63) is 33.9 Å². The maximum atomic E-state index is 12.2. The van der Waals surface area contributed by atoms with Gasteiger partial charge in [-0.3, -0.25) is 20.8 Å². The summed E-state index contributed by atoms with van der Waals surface area (Å²) in [5, 5.41) is 13.9. The molecule has 1 aliphatic heterocycles. The number of carbonyl (C=O) groups excluding carboxylic acids is 1. The van der Waals surface area contributed by atoms with Gasteiger partial charge in [0.15, 0.2) is 0 Å². The zero-order valence-electron chi connectivity index (χ0n) is 11.7. The van der Waals surface area contributed by atoms with Crippen molar-refractivity contribution >= 4 is 17.3 Å². The van der Waals surface area contributed by atoms with Gasteiger partial charge in [-0.2, -0.15) is 0 Å². The van der Waals surface area contributed by atoms with Crippen LogP contribution in [0.2, 0.25) is 0 Å². The number of nitrogens with one attached hydrogen (secondary N) is 2. The molecule has 1 aliphatic rings. The number of nitro benzene ring substituents is 1. The maximum Gasteiger partial charge on any atom is 0.306 e. The lowest BCUT2D eigenvalue weighted by molar-refractivity contribution is -0.384. The third-order valence-electron chi connectivity index (χ3n) is 3.68. The average Bonchev–Trinajstić information content (AvgIpc) is 2.89. The van der Waals surface area contributed by atoms with E-state index in [0.29, 0.717) is 13.2 Å². The Labute approximate surface area is 121 Å². The summed E-state index contributed by atoms with van der Waals surface area (Å²) < 4.78 is 5.42. The Hall–Kier alpha value is -2.19. The molecule has 8 nitrogen and oxygen atoms in total. The van der Waals surface area contributed by atoms with Crippen molar-refractivity contribution < 1.29 is 14.5 Å². The lowest BCUT2D eigenvalue weighted by Gasteiger charge is -2.15. The molecule has 0 aliphatic carbocycles. The van der Waals surface area contributed by atoms with Gasteiger partial charge in [0.25, 0.3) is 5.91 Å². The van der Waals surface area contributed by atoms with E-state index >= 15 is 0 Å². The van der Waals surface area contributed by atoms with Gasteiger partial charge in [-0.05, 0) is 25.5 Å². The first-order valence-electron chi connectivity index (χ1n) is 6.68. The average molecular weight is 294 g/mol. The van der Waals surface area contributed by atoms with Gasteiger partial charge in [-0.1, -0.05) is 6.07 Å². The molecule has 4 N–H and O–H groups in total. The number of nitrogen functional groups attached to an aromatic ring is 1. The number of nitrogens with two attached hydrogens (primary N) is 1. The maximum absolute atomic E-state index is 12.2. The SMILES string of the molecule is CC1OCCC1CNC(=O)c1cccc(NN)c1[N+](=O)[O-]. The van der Waals surface area contributed by atoms with Crippen LogP contribution in [0.3, 0.4) is 0 Å². The molecule has 0 aromatic heterocycles. The van der Waals surface area contributed by atoms with E-state index in [1.165, 1.54) is 12.1 Å². The van der Waals surface area contributed by atoms with Gasteiger partial charge in [0.2, 0.25) is 0 Å². The van der Waals surface area contributed by atoms with Gasteiger partial charge in [0.05, 0.1) is 11.0 Å². The van der Waals surface area contributed by atoms with Crippen molar-refractivity contribution in [3.8, 4) is 0 Å². The van der Waals surface area contributed by atoms with E-state index < -0.39 is 10.8 Å². The van der Waals surface area contributed by atoms with Crippen molar-refractivity contribution in [3.63, 3.8) is 0 Å². The molecular weight excluding hydrogens is 276 g/mol. The minimum Gasteiger partial charge on any atom is -0.378 e. The molecule has 2 rings (SSSR count). The molecule has 21 heavy (non-hydrogen) atoms. The van der Waals surface area contributed by atoms with E-state index in [4.69, 9.17) is 10.6 Å². The van der Waals surface area contributed by atoms with Gasteiger partial charge in [0.1, 0.15) is 11.3 Å². The molecule has 0 bridgehead atoms. The molecule has 0 radical (unpaired) electrons. The van der Waals surface area contributed by atoms with Gasteiger partial charge >= 0.3 is 5.69 Å². The van der Waals surface area contributed by atoms with E-state index in [1.54, 1.807) is 6.07 Å². The van der Waals surface area contributed by atoms with Crippen LogP contribution in [0.1, 0.15) is 23.7 Å². The molecule has 1 fully saturated rings. The van der Waals surface area contributed by atoms with Crippen LogP contribution in [-0.2, 0) is 4.74 Å². The molecule has 0 spiro atoms. The molecule has 1 saturated heterocycles. The second kappa shape index (κ2) is 6.51. The van der Waals surface area contributed by atoms with Crippen LogP contribution in [0.25, 0.3) is 0 Å². The van der Waals surface area contributed by atoms with E-state index in [1.807, 2.05) is 6.92 Å². The number of hydrogen-bond donors (Lipinski definition) is 3. The second-order valence-electron chi connectivity index (χ2n) is 4.94. The number of hydrogen-bond acceptors (Lipinski definition) is 6. The van der Waals surface area contributed by atoms with Crippen LogP contribution < -0.4 is 16.6 Å². The van der Waals surface area contributed by atoms with Crippen molar-refractivity contribution in [1.29, 1.82) is 0 Å². The number of nitro groups is 1. The lowest BCUT2D eigenvalue weighted by atomic mass is 10.0. The molecule has 8 heteroatoms. The second-order valence-corrected chi connectivity index (χ2v) is 4.94. The summed E-state index contributed by atoms with van der Waals surface area (Å²) in [6.45, 7) is 3.05. The first-order chi connectivity index (χ1) is 10.0. The molecule has 2 atom stereocenters. The Morgan fingerprint density at radius 1 is 1.57 bits per heavy atom. The standard InChI is InChI=1S/C13H18N4O4/c1-8-9(5-6-21-8)7-15-13(18)10-3-2-4-11(16-14)12(10)17(19)20/h2-4,8-9,16H,5-7,14H2,1H3,(H,15,18). The molecule has 1 aromatic rings. The monoisotopic (exact) mass is 294 g/mol. The van der Waals surface area contributed by atoms with Gasteiger partial charge in [-0.15, -0.1) is 0 Å². The minimum atomic E-state index is -0.620. The lowest BCUT2D eigenvalue weighted by Crippen LogP contribution is -2.32. The fourth-order valence-electron chi connectivity index (χ4n) is 2.40. The third kappa shape index (κ3) is 3.29. The quantitative estimate of drug-likeness (QED) is 0.424. The molecule has 114 valence electrons. The highest BCUT2D eigenvalue weighted by molar-refractivity contribution is 6.00. The van der Waals surface area contributed by atoms with Crippen molar-refractivity contribution in [2.24, 2.45) is 11.8 Å². The van der Waals surface area contributed by atoms with Crippen molar-refractivity contribution in [1.82, 2.24) is 5.32 Å². The number of amides is 1. The number of anilines is 1. The van der Waals surface area contributed by atoms with Crippen LogP contribution in [0.15, 0.2) is 18.2 Å². The topological polar surface area (TPSA) is 120 Å². The van der Waals surface area contributed by atoms with E-state index in [-0.39, 0.29) is 29.0 Å². The van der Waals surface area contributed by atoms with E-state index in [9.17, 15) is 14.9 Å². The molecular formula is C13H18N4O4. The van der Waals surface area contributed by atoms with Gasteiger partial charge in [0, 0.05) is 19.1 Å². The fourth-order valence-corrected chi connectivity index (χ4v) is 2.40. The molecule has 1 amide bonds. The summed E-state index contributed by atoms with van der Waals surface area (Å²) in [6, 6.07) is 4.39. The first-order valence-corrected chi connectivity index (χ1v) is 6.68. The van der Waals surface area contributed by atoms with Crippen LogP contribution >= 0.6 is 0 Å². The summed E-state index contributed by atoms with van der Waals surface area (Å²) in [5.74, 6) is 4.98. The summed E-state index contributed by atoms with van der Waals surface area (Å²) in [4.78, 5) is 22.7. The van der Waals surface area contributed by atoms with Crippen molar-refractivity contribution in [2.75, 3.05) is 18.6 Å². The summed E-state index contributed by atoms with van der Waals surface area (Å²) >= 11 is 0. The highest BCUT2D eigenvalue weighted by Gasteiger charge is 2.27. The molecule has 0 saturated carbocycles. The smallest absolute Gasteiger partial charge is 0.306 e. The number of ether oxygens (including phenoxy) is 1. The summed E-state index contributed by atoms with van der Waals surface area (Å²) in [6.07, 6.45) is 0.950. The predicted molar refractivity (Wildman–Crippen MR) is 76.8 cm³/mol. The molecule has 1 aromatic carbocycles. The van der Waals surface area contributed by atoms with Crippen LogP contribution in [0, 0.1) is 16.0 Å². The largest absolute Gasteiger partial charge is 0.378 e. The Morgan fingerprint density at radius 3 is 2.90 bits per heavy atom. The van der Waals surface area contributed by atoms with Gasteiger partial charge < -0.3 is 15.5 Å². The third-order valence-corrected chi connectivity index (χ3v) is 3.68. The number of carbonyl (C=O) groups is 1. The Morgan fingerprint density at radius 2 is 2.33 bits per heavy atom. The molecule has 2 unspecified atom stereocenters. The van der Waals surface area contributed by atoms with Crippen molar-refractivity contribution in [2.45, 2.75) is 19.4 Å². The zero-order chi connectivity index (χ0) is 15.4. The minimum absolute atomic E-state index is 0.0120. The molecule has 1 heterocycles. The Kier molecular flexibility index (Phi) is 4.71. The Balaban J connectivity index is 2.13. The van der Waals surface area contributed by atoms with Crippen LogP contribution in [0.4, 0.5) is 11.4 Å². The first kappa shape index (κ1) is 15.2. The number of rotatable bonds is 5. The normalized spacial score (nSPS) is 21.0. The highest BCUT2D eigenvalue weighted by atomic mass is 16.6. The van der Waals surface area contributed by atoms with Crippen LogP contribution in [-0.4, -0.2) is 30.1 Å². The zero-order valence-corrected chi connectivity index (χ0v) is 11.7. The van der Waals surface area contributed by atoms with Gasteiger partial charge in [-0.25, -0.2) is 0 Å². The highest BCUT2D eigenvalue weighted by Crippen LogP contribution is 2.28. The Bertz CT molecular complexity index is 549. The summed E-state index contributed by atoms with van der Waals surface area (Å²) in [5.41, 5.74) is 2.00. The van der Waals surface area contributed by atoms with E-state index in [0.717, 1.165) is 6.42 Å².